The lowest BCUT2D eigenvalue weighted by Gasteiger charge is -2.25. The number of ether oxygens (including phenoxy) is 1. The average Bonchev–Trinajstić information content (AvgIpc) is 2.75. The highest BCUT2D eigenvalue weighted by molar-refractivity contribution is 7.92. The molecule has 0 atom stereocenters. The second kappa shape index (κ2) is 9.78. The van der Waals surface area contributed by atoms with E-state index in [0.717, 1.165) is 11.1 Å². The summed E-state index contributed by atoms with van der Waals surface area (Å²) in [6.45, 7) is 2.22. The number of halogens is 1. The van der Waals surface area contributed by atoms with E-state index in [0.29, 0.717) is 17.3 Å². The van der Waals surface area contributed by atoms with E-state index in [-0.39, 0.29) is 23.8 Å². The Morgan fingerprint density at radius 3 is 2.10 bits per heavy atom. The molecule has 0 spiro atoms. The summed E-state index contributed by atoms with van der Waals surface area (Å²) < 4.78 is 33.1. The topological polar surface area (TPSA) is 63.7 Å². The molecule has 0 bridgehead atoms. The fraction of sp³-hybridized carbons (Fsp3) is 0.174. The molecular formula is C23H22ClNO4S. The van der Waals surface area contributed by atoms with Crippen molar-refractivity contribution in [2.24, 2.45) is 0 Å². The third kappa shape index (κ3) is 5.40. The van der Waals surface area contributed by atoms with Crippen LogP contribution in [0.5, 0.6) is 0 Å². The Kier molecular flexibility index (Phi) is 7.13. The quantitative estimate of drug-likeness (QED) is 0.467. The van der Waals surface area contributed by atoms with Crippen LogP contribution in [-0.2, 0) is 32.5 Å². The first kappa shape index (κ1) is 21.9. The molecule has 0 radical (unpaired) electrons. The van der Waals surface area contributed by atoms with E-state index in [9.17, 15) is 13.2 Å². The molecule has 156 valence electrons. The third-order valence-corrected chi connectivity index (χ3v) is 6.49. The Morgan fingerprint density at radius 2 is 1.50 bits per heavy atom. The van der Waals surface area contributed by atoms with Gasteiger partial charge in [0.25, 0.3) is 10.0 Å². The molecule has 0 unspecified atom stereocenters. The standard InChI is InChI=1S/C23H22ClNO4S/c1-2-29-23(26)16-18-10-14-21(15-11-18)25(17-19-8-12-20(24)13-9-19)30(27,28)22-6-4-3-5-7-22/h3-15H,2,16-17H2,1H3. The molecule has 3 aromatic carbocycles. The maximum atomic E-state index is 13.4. The molecule has 30 heavy (non-hydrogen) atoms. The van der Waals surface area contributed by atoms with E-state index < -0.39 is 10.0 Å². The molecule has 3 aromatic rings. The van der Waals surface area contributed by atoms with Gasteiger partial charge in [0.1, 0.15) is 0 Å². The summed E-state index contributed by atoms with van der Waals surface area (Å²) in [5.74, 6) is -0.319. The van der Waals surface area contributed by atoms with Crippen LogP contribution in [0, 0.1) is 0 Å². The van der Waals surface area contributed by atoms with Gasteiger partial charge in [-0.15, -0.1) is 0 Å². The number of hydrogen-bond donors (Lipinski definition) is 0. The molecular weight excluding hydrogens is 422 g/mol. The monoisotopic (exact) mass is 443 g/mol. The first-order chi connectivity index (χ1) is 14.4. The summed E-state index contributed by atoms with van der Waals surface area (Å²) in [6, 6.07) is 22.2. The Balaban J connectivity index is 1.95. The molecule has 3 rings (SSSR count). The second-order valence-electron chi connectivity index (χ2n) is 6.60. The fourth-order valence-corrected chi connectivity index (χ4v) is 4.55. The maximum absolute atomic E-state index is 13.4. The van der Waals surface area contributed by atoms with E-state index in [1.165, 1.54) is 4.31 Å². The number of carbonyl (C=O) groups is 1. The van der Waals surface area contributed by atoms with Gasteiger partial charge < -0.3 is 4.74 Å². The molecule has 0 aliphatic heterocycles. The lowest BCUT2D eigenvalue weighted by molar-refractivity contribution is -0.142. The predicted molar refractivity (Wildman–Crippen MR) is 118 cm³/mol. The molecule has 0 amide bonds. The van der Waals surface area contributed by atoms with Crippen molar-refractivity contribution in [3.05, 3.63) is 95.0 Å². The van der Waals surface area contributed by atoms with Gasteiger partial charge in [-0.1, -0.05) is 54.1 Å². The predicted octanol–water partition coefficient (Wildman–Crippen LogP) is 4.84. The third-order valence-electron chi connectivity index (χ3n) is 4.45. The largest absolute Gasteiger partial charge is 0.466 e. The van der Waals surface area contributed by atoms with Crippen molar-refractivity contribution in [2.75, 3.05) is 10.9 Å². The van der Waals surface area contributed by atoms with E-state index in [1.807, 2.05) is 0 Å². The number of sulfonamides is 1. The highest BCUT2D eigenvalue weighted by atomic mass is 35.5. The number of hydrogen-bond acceptors (Lipinski definition) is 4. The summed E-state index contributed by atoms with van der Waals surface area (Å²) in [6.07, 6.45) is 0.136. The van der Waals surface area contributed by atoms with Gasteiger partial charge in [0.15, 0.2) is 0 Å². The van der Waals surface area contributed by atoms with Crippen molar-refractivity contribution in [3.8, 4) is 0 Å². The summed E-state index contributed by atoms with van der Waals surface area (Å²) in [4.78, 5) is 11.9. The van der Waals surface area contributed by atoms with Crippen LogP contribution in [0.1, 0.15) is 18.1 Å². The minimum absolute atomic E-state index is 0.136. The molecule has 5 nitrogen and oxygen atoms in total. The van der Waals surface area contributed by atoms with Gasteiger partial charge in [-0.3, -0.25) is 9.10 Å². The molecule has 0 aliphatic carbocycles. The van der Waals surface area contributed by atoms with Crippen LogP contribution in [-0.4, -0.2) is 21.0 Å². The van der Waals surface area contributed by atoms with E-state index >= 15 is 0 Å². The zero-order valence-electron chi connectivity index (χ0n) is 16.5. The first-order valence-corrected chi connectivity index (χ1v) is 11.3. The lowest BCUT2D eigenvalue weighted by Crippen LogP contribution is -2.30. The van der Waals surface area contributed by atoms with E-state index in [4.69, 9.17) is 16.3 Å². The van der Waals surface area contributed by atoms with Crippen molar-refractivity contribution in [2.45, 2.75) is 24.8 Å². The normalized spacial score (nSPS) is 11.1. The summed E-state index contributed by atoms with van der Waals surface area (Å²) >= 11 is 5.96. The zero-order chi connectivity index (χ0) is 21.6. The van der Waals surface area contributed by atoms with Gasteiger partial charge in [0.2, 0.25) is 0 Å². The maximum Gasteiger partial charge on any atom is 0.310 e. The second-order valence-corrected chi connectivity index (χ2v) is 8.90. The number of nitrogens with zero attached hydrogens (tertiary/aromatic N) is 1. The van der Waals surface area contributed by atoms with Gasteiger partial charge in [-0.05, 0) is 54.4 Å². The minimum Gasteiger partial charge on any atom is -0.466 e. The van der Waals surface area contributed by atoms with Crippen LogP contribution in [0.25, 0.3) is 0 Å². The number of carbonyl (C=O) groups excluding carboxylic acids is 1. The van der Waals surface area contributed by atoms with Gasteiger partial charge in [0, 0.05) is 5.02 Å². The Hall–Kier alpha value is -2.83. The SMILES string of the molecule is CCOC(=O)Cc1ccc(N(Cc2ccc(Cl)cc2)S(=O)(=O)c2ccccc2)cc1. The first-order valence-electron chi connectivity index (χ1n) is 9.47. The van der Waals surface area contributed by atoms with Crippen LogP contribution < -0.4 is 4.31 Å². The molecule has 0 aromatic heterocycles. The van der Waals surface area contributed by atoms with Crippen LogP contribution in [0.15, 0.2) is 83.8 Å². The Bertz CT molecular complexity index is 1080. The number of rotatable bonds is 8. The lowest BCUT2D eigenvalue weighted by atomic mass is 10.1. The zero-order valence-corrected chi connectivity index (χ0v) is 18.1. The molecule has 0 N–H and O–H groups in total. The van der Waals surface area contributed by atoms with Crippen molar-refractivity contribution in [1.29, 1.82) is 0 Å². The number of benzene rings is 3. The number of anilines is 1. The molecule has 7 heteroatoms. The van der Waals surface area contributed by atoms with Crippen LogP contribution >= 0.6 is 11.6 Å². The summed E-state index contributed by atoms with van der Waals surface area (Å²) in [5, 5.41) is 0.583. The molecule has 0 fully saturated rings. The van der Waals surface area contributed by atoms with E-state index in [2.05, 4.69) is 0 Å². The molecule has 0 saturated carbocycles. The van der Waals surface area contributed by atoms with Crippen LogP contribution in [0.3, 0.4) is 0 Å². The van der Waals surface area contributed by atoms with Gasteiger partial charge in [0.05, 0.1) is 30.2 Å². The van der Waals surface area contributed by atoms with Crippen molar-refractivity contribution in [1.82, 2.24) is 0 Å². The smallest absolute Gasteiger partial charge is 0.310 e. The highest BCUT2D eigenvalue weighted by Gasteiger charge is 2.25. The van der Waals surface area contributed by atoms with E-state index in [1.54, 1.807) is 85.8 Å². The van der Waals surface area contributed by atoms with Crippen LogP contribution in [0.2, 0.25) is 5.02 Å². The van der Waals surface area contributed by atoms with Crippen molar-refractivity contribution >= 4 is 33.3 Å². The fourth-order valence-electron chi connectivity index (χ4n) is 2.95. The van der Waals surface area contributed by atoms with Gasteiger partial charge in [-0.25, -0.2) is 8.42 Å². The Morgan fingerprint density at radius 1 is 0.900 bits per heavy atom. The summed E-state index contributed by atoms with van der Waals surface area (Å²) in [5.41, 5.74) is 2.05. The minimum atomic E-state index is -3.80. The molecule has 0 heterocycles. The summed E-state index contributed by atoms with van der Waals surface area (Å²) in [7, 11) is -3.80. The average molecular weight is 444 g/mol. The highest BCUT2D eigenvalue weighted by Crippen LogP contribution is 2.27. The van der Waals surface area contributed by atoms with Gasteiger partial charge in [-0.2, -0.15) is 0 Å². The number of esters is 1. The van der Waals surface area contributed by atoms with Crippen molar-refractivity contribution < 1.29 is 17.9 Å². The van der Waals surface area contributed by atoms with Crippen LogP contribution in [0.4, 0.5) is 5.69 Å². The Labute approximate surface area is 181 Å². The molecule has 0 aliphatic rings. The van der Waals surface area contributed by atoms with Crippen molar-refractivity contribution in [3.63, 3.8) is 0 Å². The van der Waals surface area contributed by atoms with Gasteiger partial charge >= 0.3 is 5.97 Å². The molecule has 0 saturated heterocycles.